The number of aromatic nitrogens is 1. The van der Waals surface area contributed by atoms with Gasteiger partial charge in [-0.15, -0.1) is 0 Å². The molecule has 0 aliphatic heterocycles. The second-order valence-electron chi connectivity index (χ2n) is 10.1. The summed E-state index contributed by atoms with van der Waals surface area (Å²) in [5.41, 5.74) is -0.205. The van der Waals surface area contributed by atoms with Gasteiger partial charge in [0.2, 0.25) is 0 Å². The largest absolute Gasteiger partial charge is 0.519 e. The molecular weight excluding hydrogens is 422 g/mol. The average molecular weight is 470 g/mol. The summed E-state index contributed by atoms with van der Waals surface area (Å²) >= 11 is 0. The van der Waals surface area contributed by atoms with Crippen LogP contribution in [0.15, 0.2) is 24.5 Å². The molecule has 0 unspecified atom stereocenters. The second-order valence-corrected chi connectivity index (χ2v) is 10.1. The van der Waals surface area contributed by atoms with Crippen LogP contribution < -0.4 is 4.90 Å². The Bertz CT molecular complexity index is 629. The van der Waals surface area contributed by atoms with Crippen molar-refractivity contribution in [1.82, 2.24) is 9.88 Å². The molecule has 8 nitrogen and oxygen atoms in total. The van der Waals surface area contributed by atoms with Crippen LogP contribution in [0.25, 0.3) is 0 Å². The highest BCUT2D eigenvalue weighted by Gasteiger charge is 2.24. The van der Waals surface area contributed by atoms with Crippen molar-refractivity contribution in [2.75, 3.05) is 25.5 Å². The second kappa shape index (κ2) is 15.5. The van der Waals surface area contributed by atoms with E-state index in [2.05, 4.69) is 49.2 Å². The standard InChI is InChI=1S/C10H18O5.C8H19N.C7H10N2/c1-9(2,3)14-7(11)13-8(12)15-10(4,5)6;1-6-9(7(2)3)8(4)5;1-9(2)7-3-5-8-6-4-7/h1-6H3;7-8H,6H2,1-5H3;3-6H,1-2H3. The topological polar surface area (TPSA) is 81.2 Å². The third-order valence-corrected chi connectivity index (χ3v) is 3.82. The van der Waals surface area contributed by atoms with E-state index in [0.29, 0.717) is 12.1 Å². The molecular formula is C25H47N3O5. The van der Waals surface area contributed by atoms with Crippen molar-refractivity contribution in [2.45, 2.75) is 99.4 Å². The van der Waals surface area contributed by atoms with Crippen molar-refractivity contribution in [2.24, 2.45) is 0 Å². The number of hydrogen-bond acceptors (Lipinski definition) is 8. The van der Waals surface area contributed by atoms with E-state index in [-0.39, 0.29) is 0 Å². The van der Waals surface area contributed by atoms with Crippen LogP contribution >= 0.6 is 0 Å². The number of carbonyl (C=O) groups is 2. The van der Waals surface area contributed by atoms with Gasteiger partial charge in [-0.3, -0.25) is 9.88 Å². The van der Waals surface area contributed by atoms with Crippen LogP contribution in [0.1, 0.15) is 76.2 Å². The SMILES string of the molecule is CC(C)(C)OC(=O)OC(=O)OC(C)(C)C.CCN(C(C)C)C(C)C.CN(C)c1ccncc1. The highest BCUT2D eigenvalue weighted by Crippen LogP contribution is 2.11. The van der Waals surface area contributed by atoms with Gasteiger partial charge in [-0.25, -0.2) is 9.59 Å². The van der Waals surface area contributed by atoms with Crippen molar-refractivity contribution in [1.29, 1.82) is 0 Å². The zero-order valence-electron chi connectivity index (χ0n) is 23.1. The predicted octanol–water partition coefficient (Wildman–Crippen LogP) is 6.15. The van der Waals surface area contributed by atoms with Gasteiger partial charge in [0, 0.05) is 44.3 Å². The van der Waals surface area contributed by atoms with E-state index in [1.807, 2.05) is 31.1 Å². The zero-order chi connectivity index (χ0) is 26.4. The highest BCUT2D eigenvalue weighted by molar-refractivity contribution is 5.77. The van der Waals surface area contributed by atoms with Crippen LogP contribution in [0.2, 0.25) is 0 Å². The normalized spacial score (nSPS) is 11.2. The lowest BCUT2D eigenvalue weighted by molar-refractivity contribution is -0.0293. The van der Waals surface area contributed by atoms with E-state index in [4.69, 9.17) is 9.47 Å². The number of ether oxygens (including phenoxy) is 3. The maximum Gasteiger partial charge on any atom is 0.519 e. The minimum absolute atomic E-state index is 0.690. The van der Waals surface area contributed by atoms with Crippen LogP contribution in [-0.2, 0) is 14.2 Å². The van der Waals surface area contributed by atoms with Gasteiger partial charge in [-0.1, -0.05) is 6.92 Å². The molecule has 0 spiro atoms. The third kappa shape index (κ3) is 20.0. The molecule has 0 fully saturated rings. The summed E-state index contributed by atoms with van der Waals surface area (Å²) in [5, 5.41) is 0. The molecule has 0 aromatic carbocycles. The van der Waals surface area contributed by atoms with Crippen LogP contribution in [0.3, 0.4) is 0 Å². The smallest absolute Gasteiger partial charge is 0.428 e. The Hall–Kier alpha value is -2.35. The van der Waals surface area contributed by atoms with Gasteiger partial charge in [-0.05, 0) is 87.9 Å². The first-order valence-electron chi connectivity index (χ1n) is 11.4. The van der Waals surface area contributed by atoms with Crippen LogP contribution in [0.5, 0.6) is 0 Å². The van der Waals surface area contributed by atoms with Gasteiger partial charge >= 0.3 is 12.3 Å². The molecule has 0 aliphatic carbocycles. The molecule has 1 aromatic rings. The first kappa shape index (κ1) is 32.8. The fourth-order valence-electron chi connectivity index (χ4n) is 2.58. The summed E-state index contributed by atoms with van der Waals surface area (Å²) in [4.78, 5) is 30.4. The van der Waals surface area contributed by atoms with Crippen molar-refractivity contribution in [3.05, 3.63) is 24.5 Å². The number of anilines is 1. The quantitative estimate of drug-likeness (QED) is 0.384. The number of pyridine rings is 1. The Morgan fingerprint density at radius 2 is 1.21 bits per heavy atom. The van der Waals surface area contributed by atoms with E-state index in [0.717, 1.165) is 6.54 Å². The van der Waals surface area contributed by atoms with Crippen molar-refractivity contribution < 1.29 is 23.8 Å². The fraction of sp³-hybridized carbons (Fsp3) is 0.720. The summed E-state index contributed by atoms with van der Waals surface area (Å²) in [7, 11) is 4.02. The van der Waals surface area contributed by atoms with Gasteiger partial charge in [0.05, 0.1) is 0 Å². The number of hydrogen-bond donors (Lipinski definition) is 0. The van der Waals surface area contributed by atoms with E-state index in [1.54, 1.807) is 53.9 Å². The maximum absolute atomic E-state index is 11.0. The molecule has 0 aliphatic rings. The molecule has 0 atom stereocenters. The van der Waals surface area contributed by atoms with Gasteiger partial charge in [0.25, 0.3) is 0 Å². The van der Waals surface area contributed by atoms with Gasteiger partial charge < -0.3 is 19.1 Å². The lowest BCUT2D eigenvalue weighted by atomic mass is 10.2. The van der Waals surface area contributed by atoms with Crippen LogP contribution in [0.4, 0.5) is 15.3 Å². The minimum atomic E-state index is -1.06. The molecule has 0 bridgehead atoms. The van der Waals surface area contributed by atoms with E-state index < -0.39 is 23.5 Å². The number of nitrogens with zero attached hydrogens (tertiary/aromatic N) is 3. The molecule has 1 rings (SSSR count). The molecule has 0 N–H and O–H groups in total. The Morgan fingerprint density at radius 1 is 0.848 bits per heavy atom. The van der Waals surface area contributed by atoms with E-state index in [9.17, 15) is 9.59 Å². The fourth-order valence-corrected chi connectivity index (χ4v) is 2.58. The summed E-state index contributed by atoms with van der Waals surface area (Å²) in [6.45, 7) is 22.3. The van der Waals surface area contributed by atoms with Crippen molar-refractivity contribution in [3.63, 3.8) is 0 Å². The lowest BCUT2D eigenvalue weighted by Crippen LogP contribution is -2.36. The van der Waals surface area contributed by atoms with Gasteiger partial charge in [-0.2, -0.15) is 0 Å². The Morgan fingerprint density at radius 3 is 1.39 bits per heavy atom. The molecule has 0 radical (unpaired) electrons. The first-order valence-corrected chi connectivity index (χ1v) is 11.4. The number of carbonyl (C=O) groups excluding carboxylic acids is 2. The van der Waals surface area contributed by atoms with Crippen LogP contribution in [-0.4, -0.2) is 66.1 Å². The first-order chi connectivity index (χ1) is 14.9. The molecule has 8 heteroatoms. The van der Waals surface area contributed by atoms with E-state index >= 15 is 0 Å². The van der Waals surface area contributed by atoms with Crippen molar-refractivity contribution >= 4 is 18.0 Å². The summed E-state index contributed by atoms with van der Waals surface area (Å²) in [5.74, 6) is 0. The Labute approximate surface area is 201 Å². The molecule has 192 valence electrons. The summed E-state index contributed by atoms with van der Waals surface area (Å²) in [6.07, 6.45) is 1.46. The molecule has 0 saturated heterocycles. The van der Waals surface area contributed by atoms with Gasteiger partial charge in [0.15, 0.2) is 0 Å². The monoisotopic (exact) mass is 469 g/mol. The molecule has 1 aromatic heterocycles. The van der Waals surface area contributed by atoms with Crippen LogP contribution in [0, 0.1) is 0 Å². The van der Waals surface area contributed by atoms with Crippen molar-refractivity contribution in [3.8, 4) is 0 Å². The Balaban J connectivity index is 0. The zero-order valence-corrected chi connectivity index (χ0v) is 23.1. The summed E-state index contributed by atoms with van der Waals surface area (Å²) in [6, 6.07) is 5.32. The lowest BCUT2D eigenvalue weighted by Gasteiger charge is -2.28. The number of rotatable bonds is 4. The third-order valence-electron chi connectivity index (χ3n) is 3.82. The molecule has 33 heavy (non-hydrogen) atoms. The van der Waals surface area contributed by atoms with E-state index in [1.165, 1.54) is 5.69 Å². The highest BCUT2D eigenvalue weighted by atomic mass is 16.8. The predicted molar refractivity (Wildman–Crippen MR) is 135 cm³/mol. The maximum atomic E-state index is 11.0. The average Bonchev–Trinajstić information content (AvgIpc) is 2.60. The molecule has 1 heterocycles. The minimum Gasteiger partial charge on any atom is -0.428 e. The molecule has 0 amide bonds. The van der Waals surface area contributed by atoms with Gasteiger partial charge in [0.1, 0.15) is 11.2 Å². The summed E-state index contributed by atoms with van der Waals surface area (Å²) < 4.78 is 13.8. The molecule has 0 saturated carbocycles. The Kier molecular flexibility index (Phi) is 15.4.